The summed E-state index contributed by atoms with van der Waals surface area (Å²) in [6.45, 7) is 0.624. The Morgan fingerprint density at radius 1 is 1.24 bits per heavy atom. The van der Waals surface area contributed by atoms with Gasteiger partial charge in [0.05, 0.1) is 29.6 Å². The minimum absolute atomic E-state index is 0.00712. The predicted octanol–water partition coefficient (Wildman–Crippen LogP) is 2.14. The van der Waals surface area contributed by atoms with Crippen molar-refractivity contribution in [2.24, 2.45) is 0 Å². The van der Waals surface area contributed by atoms with Crippen LogP contribution < -0.4 is 10.1 Å². The lowest BCUT2D eigenvalue weighted by Crippen LogP contribution is -2.31. The van der Waals surface area contributed by atoms with Crippen molar-refractivity contribution in [3.63, 3.8) is 0 Å². The monoisotopic (exact) mass is 336 g/mol. The van der Waals surface area contributed by atoms with Crippen LogP contribution in [0.3, 0.4) is 0 Å². The summed E-state index contributed by atoms with van der Waals surface area (Å²) in [5.74, 6) is 0.653. The maximum absolute atomic E-state index is 11.9. The van der Waals surface area contributed by atoms with Crippen molar-refractivity contribution in [2.45, 2.75) is 6.42 Å². The highest BCUT2D eigenvalue weighted by molar-refractivity contribution is 5.97. The lowest BCUT2D eigenvalue weighted by atomic mass is 10.1. The van der Waals surface area contributed by atoms with Crippen LogP contribution in [-0.4, -0.2) is 39.6 Å². The number of aromatic nitrogens is 3. The number of rotatable bonds is 3. The summed E-state index contributed by atoms with van der Waals surface area (Å²) in [6.07, 6.45) is 2.38. The molecule has 0 saturated carbocycles. The van der Waals surface area contributed by atoms with Crippen LogP contribution in [0.15, 0.2) is 36.5 Å². The summed E-state index contributed by atoms with van der Waals surface area (Å²) >= 11 is 0. The van der Waals surface area contributed by atoms with Crippen molar-refractivity contribution < 1.29 is 14.6 Å². The summed E-state index contributed by atoms with van der Waals surface area (Å²) in [4.78, 5) is 24.0. The second-order valence-electron chi connectivity index (χ2n) is 5.70. The number of carbonyl (C=O) groups excluding carboxylic acids is 1. The van der Waals surface area contributed by atoms with Crippen molar-refractivity contribution in [3.8, 4) is 34.3 Å². The summed E-state index contributed by atoms with van der Waals surface area (Å²) in [6, 6.07) is 8.71. The molecule has 1 amide bonds. The summed E-state index contributed by atoms with van der Waals surface area (Å²) < 4.78 is 5.13. The lowest BCUT2D eigenvalue weighted by Gasteiger charge is -2.11. The maximum Gasteiger partial charge on any atom is 0.253 e. The van der Waals surface area contributed by atoms with Gasteiger partial charge in [-0.15, -0.1) is 0 Å². The number of phenols is 1. The van der Waals surface area contributed by atoms with E-state index in [4.69, 9.17) is 4.74 Å². The number of H-pyrrole nitrogens is 1. The van der Waals surface area contributed by atoms with Gasteiger partial charge in [0.15, 0.2) is 17.3 Å². The van der Waals surface area contributed by atoms with E-state index >= 15 is 0 Å². The fourth-order valence-electron chi connectivity index (χ4n) is 2.94. The number of hydrogen-bond donors (Lipinski definition) is 3. The second-order valence-corrected chi connectivity index (χ2v) is 5.70. The molecule has 0 atom stereocenters. The third kappa shape index (κ3) is 2.59. The summed E-state index contributed by atoms with van der Waals surface area (Å²) in [5, 5.41) is 13.1. The fourth-order valence-corrected chi connectivity index (χ4v) is 2.94. The molecule has 0 unspecified atom stereocenters. The fraction of sp³-hybridized carbons (Fsp3) is 0.167. The van der Waals surface area contributed by atoms with Gasteiger partial charge in [-0.25, -0.2) is 9.97 Å². The summed E-state index contributed by atoms with van der Waals surface area (Å²) in [5.41, 5.74) is 3.42. The molecule has 1 aliphatic rings. The number of fused-ring (bicyclic) bond motifs is 1. The molecule has 25 heavy (non-hydrogen) atoms. The van der Waals surface area contributed by atoms with Crippen LogP contribution in [0.25, 0.3) is 22.8 Å². The Bertz CT molecular complexity index is 965. The van der Waals surface area contributed by atoms with Crippen molar-refractivity contribution >= 4 is 5.91 Å². The summed E-state index contributed by atoms with van der Waals surface area (Å²) in [7, 11) is 1.49. The van der Waals surface area contributed by atoms with Gasteiger partial charge in [0.1, 0.15) is 0 Å². The zero-order valence-corrected chi connectivity index (χ0v) is 13.5. The number of hydrogen-bond acceptors (Lipinski definition) is 5. The van der Waals surface area contributed by atoms with Crippen LogP contribution in [0.2, 0.25) is 0 Å². The van der Waals surface area contributed by atoms with Crippen LogP contribution in [0.4, 0.5) is 0 Å². The Labute approximate surface area is 143 Å². The second kappa shape index (κ2) is 5.94. The SMILES string of the molecule is COc1cccc(-c2nccc(-c3cc4c([nH]3)CCNC4=O)n2)c1O. The highest BCUT2D eigenvalue weighted by Gasteiger charge is 2.21. The third-order valence-electron chi connectivity index (χ3n) is 4.20. The van der Waals surface area contributed by atoms with Crippen LogP contribution in [0.1, 0.15) is 16.1 Å². The number of aromatic amines is 1. The van der Waals surface area contributed by atoms with Gasteiger partial charge < -0.3 is 20.1 Å². The first kappa shape index (κ1) is 15.2. The van der Waals surface area contributed by atoms with Gasteiger partial charge in [-0.05, 0) is 24.3 Å². The number of nitrogens with one attached hydrogen (secondary N) is 2. The van der Waals surface area contributed by atoms with Crippen LogP contribution in [0, 0.1) is 0 Å². The number of carbonyl (C=O) groups is 1. The average Bonchev–Trinajstić information content (AvgIpc) is 3.08. The van der Waals surface area contributed by atoms with Gasteiger partial charge in [0.2, 0.25) is 0 Å². The van der Waals surface area contributed by atoms with Crippen molar-refractivity contribution in [3.05, 3.63) is 47.8 Å². The number of benzene rings is 1. The lowest BCUT2D eigenvalue weighted by molar-refractivity contribution is 0.0946. The molecule has 3 heterocycles. The Morgan fingerprint density at radius 3 is 2.92 bits per heavy atom. The molecule has 4 rings (SSSR count). The molecular weight excluding hydrogens is 320 g/mol. The average molecular weight is 336 g/mol. The zero-order chi connectivity index (χ0) is 17.4. The molecule has 1 aliphatic heterocycles. The van der Waals surface area contributed by atoms with Gasteiger partial charge in [-0.3, -0.25) is 4.79 Å². The van der Waals surface area contributed by atoms with Crippen LogP contribution >= 0.6 is 0 Å². The number of methoxy groups -OCH3 is 1. The number of aromatic hydroxyl groups is 1. The van der Waals surface area contributed by atoms with E-state index in [1.54, 1.807) is 36.5 Å². The minimum Gasteiger partial charge on any atom is -0.504 e. The van der Waals surface area contributed by atoms with Gasteiger partial charge >= 0.3 is 0 Å². The Kier molecular flexibility index (Phi) is 3.61. The van der Waals surface area contributed by atoms with Gasteiger partial charge in [0.25, 0.3) is 5.91 Å². The molecule has 0 aliphatic carbocycles. The molecule has 2 aromatic heterocycles. The number of ether oxygens (including phenoxy) is 1. The quantitative estimate of drug-likeness (QED) is 0.680. The van der Waals surface area contributed by atoms with E-state index in [0.29, 0.717) is 34.9 Å². The molecule has 126 valence electrons. The van der Waals surface area contributed by atoms with E-state index in [-0.39, 0.29) is 11.7 Å². The number of nitrogens with zero attached hydrogens (tertiary/aromatic N) is 2. The van der Waals surface area contributed by atoms with Gasteiger partial charge in [-0.2, -0.15) is 0 Å². The molecule has 3 N–H and O–H groups in total. The first-order chi connectivity index (χ1) is 12.2. The van der Waals surface area contributed by atoms with E-state index in [1.807, 2.05) is 0 Å². The maximum atomic E-state index is 11.9. The molecule has 0 spiro atoms. The Hall–Kier alpha value is -3.35. The molecule has 0 radical (unpaired) electrons. The van der Waals surface area contributed by atoms with Gasteiger partial charge in [0, 0.05) is 24.9 Å². The molecule has 0 bridgehead atoms. The normalized spacial score (nSPS) is 13.2. The first-order valence-electron chi connectivity index (χ1n) is 7.87. The van der Waals surface area contributed by atoms with Gasteiger partial charge in [-0.1, -0.05) is 6.07 Å². The molecular formula is C18H16N4O3. The van der Waals surface area contributed by atoms with E-state index in [2.05, 4.69) is 20.3 Å². The zero-order valence-electron chi connectivity index (χ0n) is 13.5. The van der Waals surface area contributed by atoms with E-state index in [9.17, 15) is 9.90 Å². The van der Waals surface area contributed by atoms with Crippen molar-refractivity contribution in [2.75, 3.05) is 13.7 Å². The van der Waals surface area contributed by atoms with Crippen LogP contribution in [-0.2, 0) is 6.42 Å². The molecule has 0 fully saturated rings. The Balaban J connectivity index is 1.77. The first-order valence-corrected chi connectivity index (χ1v) is 7.87. The topological polar surface area (TPSA) is 100 Å². The predicted molar refractivity (Wildman–Crippen MR) is 91.5 cm³/mol. The third-order valence-corrected chi connectivity index (χ3v) is 4.20. The van der Waals surface area contributed by atoms with E-state index < -0.39 is 0 Å². The number of para-hydroxylation sites is 1. The molecule has 1 aromatic carbocycles. The van der Waals surface area contributed by atoms with E-state index in [0.717, 1.165) is 17.8 Å². The van der Waals surface area contributed by atoms with Crippen LogP contribution in [0.5, 0.6) is 11.5 Å². The number of amides is 1. The molecule has 3 aromatic rings. The minimum atomic E-state index is -0.0801. The highest BCUT2D eigenvalue weighted by Crippen LogP contribution is 2.35. The van der Waals surface area contributed by atoms with E-state index in [1.165, 1.54) is 7.11 Å². The molecule has 0 saturated heterocycles. The highest BCUT2D eigenvalue weighted by atomic mass is 16.5. The van der Waals surface area contributed by atoms with Crippen molar-refractivity contribution in [1.82, 2.24) is 20.3 Å². The number of phenolic OH excluding ortho intramolecular Hbond substituents is 1. The smallest absolute Gasteiger partial charge is 0.253 e. The largest absolute Gasteiger partial charge is 0.504 e. The Morgan fingerprint density at radius 2 is 2.12 bits per heavy atom. The molecule has 7 nitrogen and oxygen atoms in total. The standard InChI is InChI=1S/C18H16N4O3/c1-25-15-4-2-3-10(16(15)23)17-19-7-6-13(22-17)14-9-11-12(21-14)5-8-20-18(11)24/h2-4,6-7,9,21,23H,5,8H2,1H3,(H,20,24). The molecule has 7 heteroatoms. The van der Waals surface area contributed by atoms with Crippen molar-refractivity contribution in [1.29, 1.82) is 0 Å².